The molecule has 83 heavy (non-hydrogen) atoms. The Balaban J connectivity index is -0.000000183. The number of carbonyl (C=O) groups excluding carboxylic acids is 4. The number of hydrogen-bond acceptors (Lipinski definition) is 8. The van der Waals surface area contributed by atoms with E-state index in [-0.39, 0.29) is 104 Å². The van der Waals surface area contributed by atoms with E-state index in [2.05, 4.69) is 52.0 Å². The third-order valence-corrected chi connectivity index (χ3v) is 15.3. The van der Waals surface area contributed by atoms with Crippen LogP contribution in [0.4, 0.5) is 0 Å². The van der Waals surface area contributed by atoms with Crippen LogP contribution >= 0.6 is 0 Å². The molecule has 0 aliphatic carbocycles. The predicted octanol–water partition coefficient (Wildman–Crippen LogP) is 13.5. The van der Waals surface area contributed by atoms with Gasteiger partial charge in [0.05, 0.1) is 0 Å². The van der Waals surface area contributed by atoms with Crippen molar-refractivity contribution >= 4 is 23.9 Å². The van der Waals surface area contributed by atoms with Crippen molar-refractivity contribution in [1.82, 2.24) is 0 Å². The standard InChI is InChI=1S/2C18H36O2.2C18H34O2.2Na.Zn/c4*1-2-3-4-5-6-7-8-9-10-11-12-13-14-15-16-17-18(19)20;;;/h2*2-17H2,1H3,(H,19,20);2*9-10H,2-8,11-17H2,1H3,(H,19,20);;;/q;;;;2*+1;+2/p-4/b;;2*10-9-;;;. The first-order valence-corrected chi connectivity index (χ1v) is 35.2. The molecule has 0 saturated carbocycles. The van der Waals surface area contributed by atoms with E-state index in [9.17, 15) is 39.6 Å². The molecule has 0 unspecified atom stereocenters. The number of aliphatic carboxylic acids is 4. The van der Waals surface area contributed by atoms with Crippen molar-refractivity contribution in [1.29, 1.82) is 0 Å². The second-order valence-corrected chi connectivity index (χ2v) is 23.6. The van der Waals surface area contributed by atoms with E-state index in [0.717, 1.165) is 64.2 Å². The maximum absolute atomic E-state index is 10.2. The number of allylic oxidation sites excluding steroid dienone is 4. The van der Waals surface area contributed by atoms with Gasteiger partial charge in [-0.05, 0) is 103 Å². The van der Waals surface area contributed by atoms with Gasteiger partial charge in [-0.25, -0.2) is 0 Å². The van der Waals surface area contributed by atoms with Crippen molar-refractivity contribution in [3.63, 3.8) is 0 Å². The van der Waals surface area contributed by atoms with Crippen molar-refractivity contribution < 1.29 is 118 Å². The fourth-order valence-corrected chi connectivity index (χ4v) is 9.96. The SMILES string of the molecule is CCCCCCCC/C=C\CCCCCCCC(=O)[O-].CCCCCCCC/C=C\CCCCCCCC(=O)[O-].CCCCCCCCCCCCCCCCCC(=O)[O-].CCCCCCCCCCCCCCCCCC(=O)[O-].[Na+].[Na+].[Zn+2]. The van der Waals surface area contributed by atoms with Gasteiger partial charge in [-0.1, -0.05) is 335 Å². The van der Waals surface area contributed by atoms with Gasteiger partial charge in [0.1, 0.15) is 0 Å². The summed E-state index contributed by atoms with van der Waals surface area (Å²) in [4.78, 5) is 40.9. The number of carboxylic acids is 4. The Hall–Kier alpha value is -0.0166. The molecule has 0 atom stereocenters. The maximum Gasteiger partial charge on any atom is 2.00 e. The van der Waals surface area contributed by atoms with E-state index in [0.29, 0.717) is 0 Å². The van der Waals surface area contributed by atoms with Crippen molar-refractivity contribution in [3.8, 4) is 0 Å². The summed E-state index contributed by atoms with van der Waals surface area (Å²) >= 11 is 0. The molecule has 0 aromatic rings. The summed E-state index contributed by atoms with van der Waals surface area (Å²) in [7, 11) is 0. The van der Waals surface area contributed by atoms with Gasteiger partial charge < -0.3 is 39.6 Å². The summed E-state index contributed by atoms with van der Waals surface area (Å²) < 4.78 is 0. The minimum Gasteiger partial charge on any atom is -0.550 e. The van der Waals surface area contributed by atoms with E-state index < -0.39 is 23.9 Å². The Labute approximate surface area is 574 Å². The van der Waals surface area contributed by atoms with Gasteiger partial charge in [0.15, 0.2) is 0 Å². The van der Waals surface area contributed by atoms with Crippen LogP contribution in [0, 0.1) is 0 Å². The Morgan fingerprint density at radius 3 is 0.434 bits per heavy atom. The van der Waals surface area contributed by atoms with Gasteiger partial charge in [-0.2, -0.15) is 0 Å². The fraction of sp³-hybridized carbons (Fsp3) is 0.889. The quantitative estimate of drug-likeness (QED) is 0.0330. The van der Waals surface area contributed by atoms with Crippen molar-refractivity contribution in [2.24, 2.45) is 0 Å². The Morgan fingerprint density at radius 1 is 0.205 bits per heavy atom. The molecule has 8 nitrogen and oxygen atoms in total. The number of unbranched alkanes of at least 4 members (excludes halogenated alkanes) is 50. The zero-order valence-corrected chi connectivity index (χ0v) is 63.7. The van der Waals surface area contributed by atoms with Crippen LogP contribution in [0.3, 0.4) is 0 Å². The molecular formula is C72H136Na2O8Zn. The Bertz CT molecular complexity index is 1170. The van der Waals surface area contributed by atoms with Crippen molar-refractivity contribution in [3.05, 3.63) is 24.3 Å². The molecule has 476 valence electrons. The van der Waals surface area contributed by atoms with Crippen LogP contribution in [-0.2, 0) is 38.7 Å². The molecule has 0 heterocycles. The normalized spacial score (nSPS) is 10.7. The zero-order valence-electron chi connectivity index (χ0n) is 56.7. The molecule has 0 aliphatic heterocycles. The first kappa shape index (κ1) is 96.6. The summed E-state index contributed by atoms with van der Waals surface area (Å²) in [5.74, 6) is -3.63. The number of carbonyl (C=O) groups is 4. The van der Waals surface area contributed by atoms with Crippen LogP contribution in [-0.4, -0.2) is 23.9 Å². The molecule has 0 saturated heterocycles. The van der Waals surface area contributed by atoms with Crippen molar-refractivity contribution in [2.75, 3.05) is 0 Å². The maximum atomic E-state index is 10.2. The minimum absolute atomic E-state index is 0. The Kier molecular flexibility index (Phi) is 108. The molecule has 0 aromatic carbocycles. The molecule has 0 rings (SSSR count). The van der Waals surface area contributed by atoms with Crippen LogP contribution in [0.5, 0.6) is 0 Å². The molecule has 0 amide bonds. The molecule has 0 aliphatic rings. The fourth-order valence-electron chi connectivity index (χ4n) is 9.96. The van der Waals surface area contributed by atoms with Gasteiger partial charge in [0.2, 0.25) is 0 Å². The average molecular weight is 1240 g/mol. The van der Waals surface area contributed by atoms with Crippen LogP contribution in [0.1, 0.15) is 413 Å². The zero-order chi connectivity index (χ0) is 59.6. The monoisotopic (exact) mass is 1240 g/mol. The van der Waals surface area contributed by atoms with E-state index >= 15 is 0 Å². The summed E-state index contributed by atoms with van der Waals surface area (Å²) in [5.41, 5.74) is 0. The molecule has 0 radical (unpaired) electrons. The first-order valence-electron chi connectivity index (χ1n) is 35.2. The minimum atomic E-state index is -0.914. The molecule has 0 N–H and O–H groups in total. The second-order valence-electron chi connectivity index (χ2n) is 23.6. The van der Waals surface area contributed by atoms with Crippen LogP contribution in [0.15, 0.2) is 24.3 Å². The average Bonchev–Trinajstić information content (AvgIpc) is 3.43. The van der Waals surface area contributed by atoms with Gasteiger partial charge in [-0.3, -0.25) is 0 Å². The van der Waals surface area contributed by atoms with Crippen LogP contribution in [0.25, 0.3) is 0 Å². The van der Waals surface area contributed by atoms with E-state index in [1.54, 1.807) is 0 Å². The van der Waals surface area contributed by atoms with Gasteiger partial charge in [-0.15, -0.1) is 0 Å². The molecule has 0 spiro atoms. The number of hydrogen-bond donors (Lipinski definition) is 0. The van der Waals surface area contributed by atoms with E-state index in [4.69, 9.17) is 0 Å². The van der Waals surface area contributed by atoms with Crippen molar-refractivity contribution in [2.45, 2.75) is 413 Å². The molecule has 0 fully saturated rings. The summed E-state index contributed by atoms with van der Waals surface area (Å²) in [5, 5.41) is 40.9. The number of rotatable bonds is 62. The third-order valence-electron chi connectivity index (χ3n) is 15.3. The summed E-state index contributed by atoms with van der Waals surface area (Å²) in [6.07, 6.45) is 81.5. The van der Waals surface area contributed by atoms with E-state index in [1.807, 2.05) is 0 Å². The van der Waals surface area contributed by atoms with Gasteiger partial charge in [0.25, 0.3) is 0 Å². The van der Waals surface area contributed by atoms with Crippen LogP contribution in [0.2, 0.25) is 0 Å². The summed E-state index contributed by atoms with van der Waals surface area (Å²) in [6, 6.07) is 0. The molecule has 0 aromatic heterocycles. The predicted molar refractivity (Wildman–Crippen MR) is 338 cm³/mol. The smallest absolute Gasteiger partial charge is 0.550 e. The van der Waals surface area contributed by atoms with E-state index in [1.165, 1.54) is 295 Å². The molecule has 11 heteroatoms. The third kappa shape index (κ3) is 113. The summed E-state index contributed by atoms with van der Waals surface area (Å²) in [6.45, 7) is 9.05. The van der Waals surface area contributed by atoms with Gasteiger partial charge >= 0.3 is 78.6 Å². The largest absolute Gasteiger partial charge is 2.00 e. The topological polar surface area (TPSA) is 161 Å². The Morgan fingerprint density at radius 2 is 0.313 bits per heavy atom. The van der Waals surface area contributed by atoms with Gasteiger partial charge in [0, 0.05) is 23.9 Å². The molecular weight excluding hydrogens is 1100 g/mol. The number of carboxylic acid groups (broad SMARTS) is 4. The second kappa shape index (κ2) is 93.1. The molecule has 0 bridgehead atoms. The van der Waals surface area contributed by atoms with Crippen LogP contribution < -0.4 is 79.5 Å². The first-order chi connectivity index (χ1) is 39.1.